The molecule has 19 heavy (non-hydrogen) atoms. The summed E-state index contributed by atoms with van der Waals surface area (Å²) in [4.78, 5) is 18.9. The molecule has 4 heteroatoms. The Kier molecular flexibility index (Phi) is 3.42. The summed E-state index contributed by atoms with van der Waals surface area (Å²) in [6.07, 6.45) is 2.72. The van der Waals surface area contributed by atoms with Crippen molar-refractivity contribution in [2.45, 2.75) is 6.42 Å². The highest BCUT2D eigenvalue weighted by atomic mass is 16.2. The van der Waals surface area contributed by atoms with E-state index in [0.717, 1.165) is 49.1 Å². The third-order valence-electron chi connectivity index (χ3n) is 3.51. The quantitative estimate of drug-likeness (QED) is 0.843. The average molecular weight is 255 g/mol. The van der Waals surface area contributed by atoms with E-state index in [1.54, 1.807) is 6.20 Å². The van der Waals surface area contributed by atoms with Crippen molar-refractivity contribution >= 4 is 16.8 Å². The van der Waals surface area contributed by atoms with E-state index in [2.05, 4.69) is 10.3 Å². The minimum absolute atomic E-state index is 0.113. The normalized spacial score (nSPS) is 16.3. The van der Waals surface area contributed by atoms with Crippen LogP contribution in [0.5, 0.6) is 0 Å². The van der Waals surface area contributed by atoms with E-state index in [4.69, 9.17) is 0 Å². The molecular weight excluding hydrogens is 238 g/mol. The van der Waals surface area contributed by atoms with E-state index in [1.165, 1.54) is 0 Å². The fourth-order valence-corrected chi connectivity index (χ4v) is 2.50. The maximum absolute atomic E-state index is 12.6. The number of nitrogens with one attached hydrogen (secondary N) is 1. The summed E-state index contributed by atoms with van der Waals surface area (Å²) in [5, 5.41) is 4.25. The van der Waals surface area contributed by atoms with Crippen molar-refractivity contribution in [1.82, 2.24) is 15.2 Å². The van der Waals surface area contributed by atoms with Crippen LogP contribution in [-0.2, 0) is 0 Å². The number of carbonyl (C=O) groups is 1. The molecule has 2 aromatic rings. The van der Waals surface area contributed by atoms with Gasteiger partial charge in [0.25, 0.3) is 5.91 Å². The zero-order valence-corrected chi connectivity index (χ0v) is 10.8. The summed E-state index contributed by atoms with van der Waals surface area (Å²) in [5.74, 6) is 0.113. The van der Waals surface area contributed by atoms with Crippen LogP contribution in [0.25, 0.3) is 10.9 Å². The molecule has 1 amide bonds. The molecule has 1 aliphatic rings. The summed E-state index contributed by atoms with van der Waals surface area (Å²) in [6, 6.07) is 9.62. The zero-order chi connectivity index (χ0) is 13.1. The first kappa shape index (κ1) is 12.1. The van der Waals surface area contributed by atoms with Crippen LogP contribution >= 0.6 is 0 Å². The molecule has 4 nitrogen and oxygen atoms in total. The number of pyridine rings is 1. The first-order chi connectivity index (χ1) is 9.36. The number of nitrogens with zero attached hydrogens (tertiary/aromatic N) is 2. The molecule has 0 radical (unpaired) electrons. The van der Waals surface area contributed by atoms with E-state index < -0.39 is 0 Å². The molecule has 2 heterocycles. The van der Waals surface area contributed by atoms with E-state index in [0.29, 0.717) is 0 Å². The average Bonchev–Trinajstić information content (AvgIpc) is 2.75. The van der Waals surface area contributed by atoms with Gasteiger partial charge in [-0.3, -0.25) is 9.78 Å². The van der Waals surface area contributed by atoms with E-state index in [9.17, 15) is 4.79 Å². The number of hydrogen-bond acceptors (Lipinski definition) is 3. The standard InChI is InChI=1S/C15H17N3O/c19-15(18-10-3-7-16-9-11-18)13-6-8-17-14-5-2-1-4-12(13)14/h1-2,4-6,8,16H,3,7,9-11H2. The van der Waals surface area contributed by atoms with Crippen LogP contribution in [0.4, 0.5) is 0 Å². The highest BCUT2D eigenvalue weighted by molar-refractivity contribution is 6.05. The highest BCUT2D eigenvalue weighted by Gasteiger charge is 2.18. The second-order valence-corrected chi connectivity index (χ2v) is 4.77. The van der Waals surface area contributed by atoms with Gasteiger partial charge in [-0.15, -0.1) is 0 Å². The minimum atomic E-state index is 0.113. The molecule has 0 aliphatic carbocycles. The molecule has 1 saturated heterocycles. The van der Waals surface area contributed by atoms with Crippen LogP contribution in [0.15, 0.2) is 36.5 Å². The zero-order valence-electron chi connectivity index (χ0n) is 10.8. The largest absolute Gasteiger partial charge is 0.337 e. The Bertz CT molecular complexity index is 583. The van der Waals surface area contributed by atoms with E-state index >= 15 is 0 Å². The molecule has 0 unspecified atom stereocenters. The summed E-state index contributed by atoms with van der Waals surface area (Å²) in [5.41, 5.74) is 1.63. The maximum Gasteiger partial charge on any atom is 0.254 e. The summed E-state index contributed by atoms with van der Waals surface area (Å²) in [7, 11) is 0. The van der Waals surface area contributed by atoms with Crippen LogP contribution in [0, 0.1) is 0 Å². The Morgan fingerprint density at radius 3 is 3.00 bits per heavy atom. The highest BCUT2D eigenvalue weighted by Crippen LogP contribution is 2.18. The number of fused-ring (bicyclic) bond motifs is 1. The van der Waals surface area contributed by atoms with Crippen LogP contribution in [-0.4, -0.2) is 42.0 Å². The number of benzene rings is 1. The van der Waals surface area contributed by atoms with Gasteiger partial charge in [-0.2, -0.15) is 0 Å². The summed E-state index contributed by atoms with van der Waals surface area (Å²) in [6.45, 7) is 3.45. The van der Waals surface area contributed by atoms with Crippen molar-refractivity contribution < 1.29 is 4.79 Å². The van der Waals surface area contributed by atoms with Crippen molar-refractivity contribution in [1.29, 1.82) is 0 Å². The third-order valence-corrected chi connectivity index (χ3v) is 3.51. The van der Waals surface area contributed by atoms with Gasteiger partial charge in [0.15, 0.2) is 0 Å². The lowest BCUT2D eigenvalue weighted by Gasteiger charge is -2.20. The van der Waals surface area contributed by atoms with Gasteiger partial charge < -0.3 is 10.2 Å². The van der Waals surface area contributed by atoms with E-state index in [1.807, 2.05) is 35.2 Å². The SMILES string of the molecule is O=C(c1ccnc2ccccc12)N1CCCNCC1. The lowest BCUT2D eigenvalue weighted by atomic mass is 10.1. The molecule has 1 N–H and O–H groups in total. The van der Waals surface area contributed by atoms with Gasteiger partial charge in [0.1, 0.15) is 0 Å². The van der Waals surface area contributed by atoms with Crippen LogP contribution in [0.2, 0.25) is 0 Å². The third kappa shape index (κ3) is 2.44. The Morgan fingerprint density at radius 1 is 1.16 bits per heavy atom. The Morgan fingerprint density at radius 2 is 2.05 bits per heavy atom. The summed E-state index contributed by atoms with van der Waals surface area (Å²) < 4.78 is 0. The van der Waals surface area contributed by atoms with Crippen LogP contribution in [0.3, 0.4) is 0 Å². The second-order valence-electron chi connectivity index (χ2n) is 4.77. The molecule has 1 fully saturated rings. The van der Waals surface area contributed by atoms with E-state index in [-0.39, 0.29) is 5.91 Å². The number of hydrogen-bond donors (Lipinski definition) is 1. The van der Waals surface area contributed by atoms with Gasteiger partial charge >= 0.3 is 0 Å². The van der Waals surface area contributed by atoms with Gasteiger partial charge in [-0.25, -0.2) is 0 Å². The molecule has 98 valence electrons. The van der Waals surface area contributed by atoms with Crippen LogP contribution < -0.4 is 5.32 Å². The second kappa shape index (κ2) is 5.36. The van der Waals surface area contributed by atoms with Crippen LogP contribution in [0.1, 0.15) is 16.8 Å². The number of aromatic nitrogens is 1. The number of para-hydroxylation sites is 1. The molecule has 1 aliphatic heterocycles. The lowest BCUT2D eigenvalue weighted by molar-refractivity contribution is 0.0768. The number of rotatable bonds is 1. The Labute approximate surface area is 112 Å². The molecule has 1 aromatic carbocycles. The van der Waals surface area contributed by atoms with Crippen molar-refractivity contribution in [2.75, 3.05) is 26.2 Å². The van der Waals surface area contributed by atoms with Crippen molar-refractivity contribution in [3.63, 3.8) is 0 Å². The number of amides is 1. The summed E-state index contributed by atoms with van der Waals surface area (Å²) >= 11 is 0. The topological polar surface area (TPSA) is 45.2 Å². The Balaban J connectivity index is 1.96. The molecule has 0 bridgehead atoms. The van der Waals surface area contributed by atoms with Crippen molar-refractivity contribution in [3.8, 4) is 0 Å². The predicted octanol–water partition coefficient (Wildman–Crippen LogP) is 1.67. The van der Waals surface area contributed by atoms with Gasteiger partial charge in [-0.1, -0.05) is 18.2 Å². The molecule has 0 atom stereocenters. The first-order valence-electron chi connectivity index (χ1n) is 6.70. The van der Waals surface area contributed by atoms with Gasteiger partial charge in [-0.05, 0) is 25.1 Å². The lowest BCUT2D eigenvalue weighted by Crippen LogP contribution is -2.34. The molecular formula is C15H17N3O. The minimum Gasteiger partial charge on any atom is -0.337 e. The first-order valence-corrected chi connectivity index (χ1v) is 6.70. The fourth-order valence-electron chi connectivity index (χ4n) is 2.50. The van der Waals surface area contributed by atoms with Crippen molar-refractivity contribution in [2.24, 2.45) is 0 Å². The van der Waals surface area contributed by atoms with Gasteiger partial charge in [0, 0.05) is 31.2 Å². The maximum atomic E-state index is 12.6. The molecule has 0 spiro atoms. The van der Waals surface area contributed by atoms with Gasteiger partial charge in [0.2, 0.25) is 0 Å². The Hall–Kier alpha value is -1.94. The smallest absolute Gasteiger partial charge is 0.254 e. The molecule has 3 rings (SSSR count). The fraction of sp³-hybridized carbons (Fsp3) is 0.333. The molecule has 0 saturated carbocycles. The van der Waals surface area contributed by atoms with Gasteiger partial charge in [0.05, 0.1) is 11.1 Å². The van der Waals surface area contributed by atoms with Crippen molar-refractivity contribution in [3.05, 3.63) is 42.1 Å². The monoisotopic (exact) mass is 255 g/mol. The molecule has 1 aromatic heterocycles. The number of carbonyl (C=O) groups excluding carboxylic acids is 1. The predicted molar refractivity (Wildman–Crippen MR) is 75.1 cm³/mol.